The van der Waals surface area contributed by atoms with Gasteiger partial charge in [0, 0.05) is 35.8 Å². The van der Waals surface area contributed by atoms with Gasteiger partial charge in [0.05, 0.1) is 27.5 Å². The largest absolute Gasteiger partial charge is 0.390 e. The fourth-order valence-electron chi connectivity index (χ4n) is 5.58. The molecule has 2 fully saturated rings. The third-order valence-electron chi connectivity index (χ3n) is 7.32. The summed E-state index contributed by atoms with van der Waals surface area (Å²) < 4.78 is 2.70. The first-order chi connectivity index (χ1) is 15.9. The predicted molar refractivity (Wildman–Crippen MR) is 131 cm³/mol. The van der Waals surface area contributed by atoms with E-state index in [1.165, 1.54) is 6.33 Å². The molecule has 1 saturated carbocycles. The van der Waals surface area contributed by atoms with E-state index in [-0.39, 0.29) is 6.04 Å². The van der Waals surface area contributed by atoms with Gasteiger partial charge in [0.1, 0.15) is 29.0 Å². The number of pyridine rings is 1. The number of aromatic nitrogens is 4. The number of halogens is 2. The van der Waals surface area contributed by atoms with Crippen LogP contribution in [0.25, 0.3) is 21.9 Å². The average molecular weight is 530 g/mol. The van der Waals surface area contributed by atoms with E-state index in [1.807, 2.05) is 35.0 Å². The molecule has 0 radical (unpaired) electrons. The predicted octanol–water partition coefficient (Wildman–Crippen LogP) is 3.54. The van der Waals surface area contributed by atoms with Crippen LogP contribution in [0, 0.1) is 5.41 Å². The molecule has 0 amide bonds. The molecule has 1 aliphatic carbocycles. The standard InChI is InChI=1S/C23H22BrClN6O2/c24-15-7-12-1-2-13(8-16(12)29-20(15)25)30-6-4-23(10-30)9-17(18(32)19(23)33)31-5-3-14-21(26)27-11-28-22(14)31/h1-3,5,7-8,11,17-19,32-33H,4,6,9-10H2,(H2,26,27,28). The minimum Gasteiger partial charge on any atom is -0.390 e. The maximum atomic E-state index is 11.2. The zero-order chi connectivity index (χ0) is 22.9. The van der Waals surface area contributed by atoms with Crippen molar-refractivity contribution < 1.29 is 10.2 Å². The van der Waals surface area contributed by atoms with Crippen molar-refractivity contribution in [3.8, 4) is 0 Å². The lowest BCUT2D eigenvalue weighted by molar-refractivity contribution is -0.0204. The number of anilines is 2. The Hall–Kier alpha value is -2.46. The molecule has 1 spiro atoms. The summed E-state index contributed by atoms with van der Waals surface area (Å²) in [5.74, 6) is 0.408. The van der Waals surface area contributed by atoms with Gasteiger partial charge in [-0.15, -0.1) is 0 Å². The molecule has 3 aromatic heterocycles. The Morgan fingerprint density at radius 2 is 2.03 bits per heavy atom. The number of benzene rings is 1. The third kappa shape index (κ3) is 3.21. The van der Waals surface area contributed by atoms with Crippen LogP contribution in [0.4, 0.5) is 11.5 Å². The number of hydrogen-bond acceptors (Lipinski definition) is 7. The number of nitrogen functional groups attached to an aromatic ring is 1. The molecule has 2 aliphatic rings. The lowest BCUT2D eigenvalue weighted by Crippen LogP contribution is -2.38. The van der Waals surface area contributed by atoms with Crippen molar-refractivity contribution in [3.05, 3.63) is 52.5 Å². The molecular weight excluding hydrogens is 508 g/mol. The monoisotopic (exact) mass is 528 g/mol. The van der Waals surface area contributed by atoms with Crippen LogP contribution in [-0.2, 0) is 0 Å². The number of aliphatic hydroxyl groups excluding tert-OH is 2. The van der Waals surface area contributed by atoms with E-state index in [4.69, 9.17) is 17.3 Å². The highest BCUT2D eigenvalue weighted by Crippen LogP contribution is 2.51. The summed E-state index contributed by atoms with van der Waals surface area (Å²) >= 11 is 9.62. The average Bonchev–Trinajstić information content (AvgIpc) is 3.48. The number of hydrogen-bond donors (Lipinski definition) is 3. The first-order valence-corrected chi connectivity index (χ1v) is 12.0. The van der Waals surface area contributed by atoms with Crippen LogP contribution in [0.1, 0.15) is 18.9 Å². The number of nitrogens with two attached hydrogens (primary N) is 1. The molecule has 8 nitrogen and oxygen atoms in total. The van der Waals surface area contributed by atoms with E-state index >= 15 is 0 Å². The molecular formula is C23H22BrClN6O2. The summed E-state index contributed by atoms with van der Waals surface area (Å²) in [5, 5.41) is 24.4. The molecule has 170 valence electrons. The van der Waals surface area contributed by atoms with Crippen molar-refractivity contribution in [1.29, 1.82) is 0 Å². The Balaban J connectivity index is 1.30. The smallest absolute Gasteiger partial charge is 0.145 e. The summed E-state index contributed by atoms with van der Waals surface area (Å²) in [6.45, 7) is 1.43. The molecule has 4 N–H and O–H groups in total. The number of aliphatic hydroxyl groups is 2. The molecule has 1 aliphatic heterocycles. The number of rotatable bonds is 2. The van der Waals surface area contributed by atoms with Gasteiger partial charge >= 0.3 is 0 Å². The van der Waals surface area contributed by atoms with Crippen LogP contribution in [0.2, 0.25) is 5.15 Å². The molecule has 4 unspecified atom stereocenters. The van der Waals surface area contributed by atoms with Gasteiger partial charge in [0.2, 0.25) is 0 Å². The third-order valence-corrected chi connectivity index (χ3v) is 8.44. The van der Waals surface area contributed by atoms with Gasteiger partial charge in [-0.25, -0.2) is 15.0 Å². The molecule has 10 heteroatoms. The maximum Gasteiger partial charge on any atom is 0.145 e. The molecule has 1 saturated heterocycles. The van der Waals surface area contributed by atoms with Crippen molar-refractivity contribution in [2.24, 2.45) is 5.41 Å². The van der Waals surface area contributed by atoms with E-state index in [9.17, 15) is 10.2 Å². The summed E-state index contributed by atoms with van der Waals surface area (Å²) in [6.07, 6.45) is 2.99. The van der Waals surface area contributed by atoms with Gasteiger partial charge in [-0.1, -0.05) is 17.7 Å². The van der Waals surface area contributed by atoms with Crippen molar-refractivity contribution in [2.75, 3.05) is 23.7 Å². The van der Waals surface area contributed by atoms with Gasteiger partial charge in [-0.2, -0.15) is 0 Å². The quantitative estimate of drug-likeness (QED) is 0.340. The Bertz CT molecular complexity index is 1400. The lowest BCUT2D eigenvalue weighted by Gasteiger charge is -2.29. The van der Waals surface area contributed by atoms with Gasteiger partial charge in [0.25, 0.3) is 0 Å². The molecule has 1 aromatic carbocycles. The van der Waals surface area contributed by atoms with Crippen LogP contribution in [-0.4, -0.2) is 55.0 Å². The second kappa shape index (κ2) is 7.53. The van der Waals surface area contributed by atoms with Crippen LogP contribution in [0.3, 0.4) is 0 Å². The first kappa shape index (κ1) is 21.1. The van der Waals surface area contributed by atoms with Crippen LogP contribution in [0.15, 0.2) is 47.3 Å². The zero-order valence-electron chi connectivity index (χ0n) is 17.6. The minimum atomic E-state index is -0.897. The Morgan fingerprint density at radius 3 is 2.88 bits per heavy atom. The highest BCUT2D eigenvalue weighted by Gasteiger charge is 2.56. The highest BCUT2D eigenvalue weighted by molar-refractivity contribution is 9.10. The van der Waals surface area contributed by atoms with E-state index in [0.717, 1.165) is 39.4 Å². The van der Waals surface area contributed by atoms with Crippen LogP contribution >= 0.6 is 27.5 Å². The van der Waals surface area contributed by atoms with Crippen molar-refractivity contribution in [1.82, 2.24) is 19.5 Å². The maximum absolute atomic E-state index is 11.2. The molecule has 6 rings (SSSR count). The van der Waals surface area contributed by atoms with Gasteiger partial charge in [0.15, 0.2) is 0 Å². The Morgan fingerprint density at radius 1 is 1.18 bits per heavy atom. The topological polar surface area (TPSA) is 113 Å². The summed E-state index contributed by atoms with van der Waals surface area (Å²) in [4.78, 5) is 15.2. The van der Waals surface area contributed by atoms with Gasteiger partial charge in [-0.3, -0.25) is 0 Å². The number of nitrogens with zero attached hydrogens (tertiary/aromatic N) is 5. The molecule has 0 bridgehead atoms. The first-order valence-electron chi connectivity index (χ1n) is 10.8. The van der Waals surface area contributed by atoms with Crippen molar-refractivity contribution in [3.63, 3.8) is 0 Å². The van der Waals surface area contributed by atoms with E-state index < -0.39 is 17.6 Å². The number of fused-ring (bicyclic) bond motifs is 2. The van der Waals surface area contributed by atoms with Crippen molar-refractivity contribution in [2.45, 2.75) is 31.1 Å². The minimum absolute atomic E-state index is 0.291. The molecule has 4 atom stereocenters. The van der Waals surface area contributed by atoms with E-state index in [2.05, 4.69) is 41.8 Å². The zero-order valence-corrected chi connectivity index (χ0v) is 19.9. The van der Waals surface area contributed by atoms with E-state index in [1.54, 1.807) is 0 Å². The van der Waals surface area contributed by atoms with Crippen molar-refractivity contribution >= 4 is 61.0 Å². The van der Waals surface area contributed by atoms with Crippen LogP contribution < -0.4 is 10.6 Å². The fraction of sp³-hybridized carbons (Fsp3) is 0.348. The molecule has 33 heavy (non-hydrogen) atoms. The van der Waals surface area contributed by atoms with E-state index in [0.29, 0.717) is 29.6 Å². The normalized spacial score (nSPS) is 27.4. The summed E-state index contributed by atoms with van der Waals surface area (Å²) in [5.41, 5.74) is 8.10. The van der Waals surface area contributed by atoms with Gasteiger partial charge in [-0.05, 0) is 53.0 Å². The molecule has 4 heterocycles. The second-order valence-electron chi connectivity index (χ2n) is 9.10. The summed E-state index contributed by atoms with van der Waals surface area (Å²) in [7, 11) is 0. The van der Waals surface area contributed by atoms with Crippen LogP contribution in [0.5, 0.6) is 0 Å². The van der Waals surface area contributed by atoms with Gasteiger partial charge < -0.3 is 25.4 Å². The SMILES string of the molecule is Nc1ncnc2c1ccn2C1CC2(CCN(c3ccc4cc(Br)c(Cl)nc4c3)C2)C(O)C1O. The Kier molecular flexibility index (Phi) is 4.81. The molecule has 4 aromatic rings. The lowest BCUT2D eigenvalue weighted by atomic mass is 9.83. The Labute approximate surface area is 203 Å². The highest BCUT2D eigenvalue weighted by atomic mass is 79.9. The fourth-order valence-corrected chi connectivity index (χ4v) is 6.06. The second-order valence-corrected chi connectivity index (χ2v) is 10.3. The summed E-state index contributed by atoms with van der Waals surface area (Å²) in [6, 6.07) is 9.66.